The fraction of sp³-hybridized carbons (Fsp3) is 0.278. The molecule has 0 spiro atoms. The highest BCUT2D eigenvalue weighted by atomic mass is 79.9. The van der Waals surface area contributed by atoms with Crippen LogP contribution in [-0.4, -0.2) is 43.8 Å². The van der Waals surface area contributed by atoms with E-state index in [0.29, 0.717) is 5.69 Å². The first-order chi connectivity index (χ1) is 21.5. The molecule has 0 saturated heterocycles. The molecule has 0 aliphatic carbocycles. The van der Waals surface area contributed by atoms with Crippen molar-refractivity contribution in [1.29, 1.82) is 0 Å². The average molecular weight is 691 g/mol. The Balaban J connectivity index is 1.81. The summed E-state index contributed by atoms with van der Waals surface area (Å²) in [6.45, 7) is 7.28. The number of carbonyl (C=O) groups is 2. The van der Waals surface area contributed by atoms with Gasteiger partial charge in [0.15, 0.2) is 0 Å². The molecule has 45 heavy (non-hydrogen) atoms. The molecule has 0 aromatic heterocycles. The summed E-state index contributed by atoms with van der Waals surface area (Å²) in [5.74, 6) is -0.785. The molecule has 1 N–H and O–H groups in total. The van der Waals surface area contributed by atoms with Crippen molar-refractivity contribution in [1.82, 2.24) is 10.2 Å². The van der Waals surface area contributed by atoms with Crippen molar-refractivity contribution < 1.29 is 18.0 Å². The van der Waals surface area contributed by atoms with Crippen LogP contribution >= 0.6 is 15.9 Å². The van der Waals surface area contributed by atoms with Gasteiger partial charge in [-0.25, -0.2) is 8.42 Å². The first-order valence-corrected chi connectivity index (χ1v) is 17.3. The van der Waals surface area contributed by atoms with Crippen molar-refractivity contribution in [3.8, 4) is 0 Å². The molecular weight excluding hydrogens is 650 g/mol. The van der Waals surface area contributed by atoms with Crippen LogP contribution in [-0.2, 0) is 32.6 Å². The topological polar surface area (TPSA) is 86.8 Å². The predicted molar refractivity (Wildman–Crippen MR) is 183 cm³/mol. The van der Waals surface area contributed by atoms with E-state index in [1.807, 2.05) is 88.4 Å². The lowest BCUT2D eigenvalue weighted by molar-refractivity contribution is -0.140. The summed E-state index contributed by atoms with van der Waals surface area (Å²) in [6.07, 6.45) is 0.983. The summed E-state index contributed by atoms with van der Waals surface area (Å²) in [7, 11) is -4.15. The Labute approximate surface area is 275 Å². The Morgan fingerprint density at radius 2 is 1.49 bits per heavy atom. The molecule has 0 bridgehead atoms. The lowest BCUT2D eigenvalue weighted by Gasteiger charge is -2.34. The molecule has 2 amide bonds. The maximum atomic E-state index is 14.6. The number of hydrogen-bond acceptors (Lipinski definition) is 4. The molecule has 0 radical (unpaired) electrons. The molecule has 9 heteroatoms. The van der Waals surface area contributed by atoms with Crippen LogP contribution in [0.5, 0.6) is 0 Å². The Morgan fingerprint density at radius 1 is 0.822 bits per heavy atom. The first kappa shape index (κ1) is 33.9. The summed E-state index contributed by atoms with van der Waals surface area (Å²) in [5.41, 5.74) is 3.83. The average Bonchev–Trinajstić information content (AvgIpc) is 3.02. The molecule has 0 unspecified atom stereocenters. The molecule has 0 fully saturated rings. The van der Waals surface area contributed by atoms with Gasteiger partial charge in [-0.2, -0.15) is 0 Å². The number of hydrogen-bond donors (Lipinski definition) is 1. The first-order valence-electron chi connectivity index (χ1n) is 15.0. The lowest BCUT2D eigenvalue weighted by Crippen LogP contribution is -2.54. The van der Waals surface area contributed by atoms with Crippen LogP contribution < -0.4 is 9.62 Å². The minimum Gasteiger partial charge on any atom is -0.352 e. The van der Waals surface area contributed by atoms with Crippen molar-refractivity contribution in [2.75, 3.05) is 10.8 Å². The molecule has 4 aromatic carbocycles. The fourth-order valence-electron chi connectivity index (χ4n) is 4.98. The zero-order valence-electron chi connectivity index (χ0n) is 26.1. The van der Waals surface area contributed by atoms with E-state index >= 15 is 0 Å². The highest BCUT2D eigenvalue weighted by Gasteiger charge is 2.35. The minimum absolute atomic E-state index is 0.0799. The van der Waals surface area contributed by atoms with Crippen molar-refractivity contribution in [3.05, 3.63) is 130 Å². The second-order valence-electron chi connectivity index (χ2n) is 11.3. The molecular formula is C36H40BrN3O4S. The maximum absolute atomic E-state index is 14.6. The van der Waals surface area contributed by atoms with E-state index in [-0.39, 0.29) is 29.8 Å². The number of carbonyl (C=O) groups excluding carboxylic acids is 2. The molecule has 0 aliphatic rings. The molecule has 0 saturated carbocycles. The van der Waals surface area contributed by atoms with Gasteiger partial charge in [0.05, 0.1) is 10.6 Å². The van der Waals surface area contributed by atoms with Crippen LogP contribution in [0.3, 0.4) is 0 Å². The van der Waals surface area contributed by atoms with Crippen molar-refractivity contribution in [3.63, 3.8) is 0 Å². The van der Waals surface area contributed by atoms with Gasteiger partial charge in [0, 0.05) is 23.5 Å². The van der Waals surface area contributed by atoms with Gasteiger partial charge in [-0.1, -0.05) is 95.1 Å². The minimum atomic E-state index is -4.15. The quantitative estimate of drug-likeness (QED) is 0.167. The van der Waals surface area contributed by atoms with Gasteiger partial charge in [0.1, 0.15) is 12.6 Å². The summed E-state index contributed by atoms with van der Waals surface area (Å²) < 4.78 is 30.3. The van der Waals surface area contributed by atoms with Crippen LogP contribution in [0.2, 0.25) is 0 Å². The van der Waals surface area contributed by atoms with Gasteiger partial charge in [0.2, 0.25) is 11.8 Å². The van der Waals surface area contributed by atoms with Crippen LogP contribution in [0.25, 0.3) is 0 Å². The SMILES string of the molecule is CC[C@H](C)NC(=O)[C@@H](Cc1ccccc1)N(Cc1cccc(Br)c1)C(=O)CN(c1cccc(C)c1)S(=O)(=O)c1ccc(C)cc1. The number of sulfonamides is 1. The molecule has 0 aliphatic heterocycles. The Kier molecular flexibility index (Phi) is 11.6. The molecule has 0 heterocycles. The van der Waals surface area contributed by atoms with Crippen molar-refractivity contribution in [2.24, 2.45) is 0 Å². The predicted octanol–water partition coefficient (Wildman–Crippen LogP) is 6.82. The molecule has 7 nitrogen and oxygen atoms in total. The number of aryl methyl sites for hydroxylation is 2. The third-order valence-corrected chi connectivity index (χ3v) is 9.97. The zero-order valence-corrected chi connectivity index (χ0v) is 28.5. The number of amides is 2. The number of halogens is 1. The van der Waals surface area contributed by atoms with E-state index in [0.717, 1.165) is 37.5 Å². The zero-order chi connectivity index (χ0) is 32.6. The van der Waals surface area contributed by atoms with Crippen LogP contribution in [0.1, 0.15) is 42.5 Å². The molecule has 4 rings (SSSR count). The largest absolute Gasteiger partial charge is 0.352 e. The standard InChI is InChI=1S/C36H40BrN3O4S/c1-5-28(4)38-36(42)34(23-29-12-7-6-8-13-29)39(24-30-14-10-15-31(37)22-30)35(41)25-40(32-16-9-11-27(3)21-32)45(43,44)33-19-17-26(2)18-20-33/h6-22,28,34H,5,23-25H2,1-4H3,(H,38,42)/t28-,34+/m0/s1. The fourth-order valence-corrected chi connectivity index (χ4v) is 6.83. The van der Waals surface area contributed by atoms with Crippen LogP contribution in [0.4, 0.5) is 5.69 Å². The summed E-state index contributed by atoms with van der Waals surface area (Å²) in [5, 5.41) is 3.06. The number of rotatable bonds is 13. The monoisotopic (exact) mass is 689 g/mol. The van der Waals surface area contributed by atoms with Gasteiger partial charge < -0.3 is 10.2 Å². The number of benzene rings is 4. The highest BCUT2D eigenvalue weighted by molar-refractivity contribution is 9.10. The van der Waals surface area contributed by atoms with Crippen LogP contribution in [0.15, 0.2) is 112 Å². The summed E-state index contributed by atoms with van der Waals surface area (Å²) in [4.78, 5) is 30.1. The van der Waals surface area contributed by atoms with E-state index in [9.17, 15) is 18.0 Å². The van der Waals surface area contributed by atoms with Gasteiger partial charge >= 0.3 is 0 Å². The highest BCUT2D eigenvalue weighted by Crippen LogP contribution is 2.26. The van der Waals surface area contributed by atoms with E-state index in [2.05, 4.69) is 21.2 Å². The smallest absolute Gasteiger partial charge is 0.264 e. The molecule has 236 valence electrons. The molecule has 4 aromatic rings. The van der Waals surface area contributed by atoms with Crippen LogP contribution in [0, 0.1) is 13.8 Å². The normalized spacial score (nSPS) is 12.6. The second kappa shape index (κ2) is 15.4. The van der Waals surface area contributed by atoms with E-state index in [4.69, 9.17) is 0 Å². The Hall–Kier alpha value is -3.95. The number of anilines is 1. The Bertz CT molecular complexity index is 1710. The van der Waals surface area contributed by atoms with E-state index in [1.165, 1.54) is 4.90 Å². The van der Waals surface area contributed by atoms with E-state index in [1.54, 1.807) is 42.5 Å². The van der Waals surface area contributed by atoms with Gasteiger partial charge in [-0.3, -0.25) is 13.9 Å². The number of nitrogens with one attached hydrogen (secondary N) is 1. The second-order valence-corrected chi connectivity index (χ2v) is 14.1. The van der Waals surface area contributed by atoms with Crippen molar-refractivity contribution >= 4 is 43.5 Å². The third kappa shape index (κ3) is 9.05. The van der Waals surface area contributed by atoms with Crippen molar-refractivity contribution in [2.45, 2.75) is 64.1 Å². The van der Waals surface area contributed by atoms with Gasteiger partial charge in [0.25, 0.3) is 10.0 Å². The Morgan fingerprint density at radius 3 is 2.13 bits per heavy atom. The lowest BCUT2D eigenvalue weighted by atomic mass is 10.0. The number of nitrogens with zero attached hydrogens (tertiary/aromatic N) is 2. The summed E-state index contributed by atoms with van der Waals surface area (Å²) >= 11 is 3.52. The van der Waals surface area contributed by atoms with Gasteiger partial charge in [-0.05, 0) is 80.3 Å². The third-order valence-electron chi connectivity index (χ3n) is 7.69. The maximum Gasteiger partial charge on any atom is 0.264 e. The van der Waals surface area contributed by atoms with Gasteiger partial charge in [-0.15, -0.1) is 0 Å². The molecule has 2 atom stereocenters. The summed E-state index contributed by atoms with van der Waals surface area (Å²) in [6, 6.07) is 29.7. The van der Waals surface area contributed by atoms with E-state index < -0.39 is 28.5 Å².